The van der Waals surface area contributed by atoms with Crippen molar-refractivity contribution in [2.45, 2.75) is 13.3 Å². The Kier molecular flexibility index (Phi) is 3.70. The first-order valence-corrected chi connectivity index (χ1v) is 4.22. The number of ether oxygens (including phenoxy) is 2. The Morgan fingerprint density at radius 3 is 3.15 bits per heavy atom. The largest absolute Gasteiger partial charge is 0.452 e. The Balaban J connectivity index is 2.43. The Morgan fingerprint density at radius 2 is 2.54 bits per heavy atom. The van der Waals surface area contributed by atoms with Gasteiger partial charge in [0.2, 0.25) is 0 Å². The molecule has 13 heavy (non-hydrogen) atoms. The molecule has 1 atom stereocenters. The summed E-state index contributed by atoms with van der Waals surface area (Å²) in [4.78, 5) is 10.7. The van der Waals surface area contributed by atoms with Gasteiger partial charge in [0.1, 0.15) is 0 Å². The minimum Gasteiger partial charge on any atom is -0.452 e. The highest BCUT2D eigenvalue weighted by molar-refractivity contribution is 5.88. The van der Waals surface area contributed by atoms with Crippen LogP contribution in [0.15, 0.2) is 5.10 Å². The number of methoxy groups -OCH3 is 1. The number of nitrogens with one attached hydrogen (secondary N) is 1. The highest BCUT2D eigenvalue weighted by Gasteiger charge is 2.16. The van der Waals surface area contributed by atoms with Crippen molar-refractivity contribution in [1.29, 1.82) is 0 Å². The average Bonchev–Trinajstić information content (AvgIpc) is 2.16. The molecule has 0 aromatic heterocycles. The van der Waals surface area contributed by atoms with E-state index in [0.29, 0.717) is 13.2 Å². The number of hydrazone groups is 1. The number of amides is 1. The zero-order valence-electron chi connectivity index (χ0n) is 7.87. The van der Waals surface area contributed by atoms with Gasteiger partial charge < -0.3 is 9.47 Å². The number of rotatable bonds is 1. The Bertz CT molecular complexity index is 215. The predicted octanol–water partition coefficient (Wildman–Crippen LogP) is 0.755. The topological polar surface area (TPSA) is 59.9 Å². The van der Waals surface area contributed by atoms with Crippen molar-refractivity contribution >= 4 is 11.8 Å². The second-order valence-electron chi connectivity index (χ2n) is 2.93. The molecule has 5 nitrogen and oxygen atoms in total. The minimum absolute atomic E-state index is 0.269. The van der Waals surface area contributed by atoms with Crippen LogP contribution in [0.3, 0.4) is 0 Å². The van der Waals surface area contributed by atoms with Crippen molar-refractivity contribution in [2.75, 3.05) is 20.3 Å². The molecule has 1 amide bonds. The summed E-state index contributed by atoms with van der Waals surface area (Å²) < 4.78 is 9.61. The summed E-state index contributed by atoms with van der Waals surface area (Å²) in [5, 5.41) is 3.95. The second kappa shape index (κ2) is 4.81. The molecule has 0 aromatic rings. The van der Waals surface area contributed by atoms with Crippen LogP contribution in [0.1, 0.15) is 13.3 Å². The molecular formula is C8H14N2O3. The lowest BCUT2D eigenvalue weighted by molar-refractivity contribution is 0.110. The Morgan fingerprint density at radius 1 is 1.77 bits per heavy atom. The predicted molar refractivity (Wildman–Crippen MR) is 47.6 cm³/mol. The summed E-state index contributed by atoms with van der Waals surface area (Å²) in [6, 6.07) is 0. The molecule has 0 radical (unpaired) electrons. The van der Waals surface area contributed by atoms with Gasteiger partial charge >= 0.3 is 6.09 Å². The van der Waals surface area contributed by atoms with Crippen LogP contribution in [0.5, 0.6) is 0 Å². The lowest BCUT2D eigenvalue weighted by atomic mass is 10.0. The fraction of sp³-hybridized carbons (Fsp3) is 0.750. The van der Waals surface area contributed by atoms with Gasteiger partial charge in [-0.05, 0) is 0 Å². The lowest BCUT2D eigenvalue weighted by Gasteiger charge is -2.20. The Labute approximate surface area is 77.1 Å². The van der Waals surface area contributed by atoms with Gasteiger partial charge in [0.15, 0.2) is 0 Å². The van der Waals surface area contributed by atoms with E-state index in [1.165, 1.54) is 7.11 Å². The van der Waals surface area contributed by atoms with Gasteiger partial charge in [0.25, 0.3) is 0 Å². The Hall–Kier alpha value is -1.10. The van der Waals surface area contributed by atoms with Crippen molar-refractivity contribution < 1.29 is 14.3 Å². The number of carbonyl (C=O) groups excluding carboxylic acids is 1. The zero-order chi connectivity index (χ0) is 9.68. The van der Waals surface area contributed by atoms with E-state index in [1.807, 2.05) is 6.92 Å². The molecule has 1 unspecified atom stereocenters. The van der Waals surface area contributed by atoms with Crippen molar-refractivity contribution in [2.24, 2.45) is 11.0 Å². The third-order valence-electron chi connectivity index (χ3n) is 1.92. The van der Waals surface area contributed by atoms with E-state index in [1.54, 1.807) is 0 Å². The first-order chi connectivity index (χ1) is 6.24. The molecule has 0 spiro atoms. The first-order valence-electron chi connectivity index (χ1n) is 4.22. The molecule has 1 N–H and O–H groups in total. The quantitative estimate of drug-likeness (QED) is 0.615. The van der Waals surface area contributed by atoms with Crippen LogP contribution in [0.4, 0.5) is 4.79 Å². The van der Waals surface area contributed by atoms with Gasteiger partial charge in [-0.1, -0.05) is 6.92 Å². The fourth-order valence-electron chi connectivity index (χ4n) is 1.11. The van der Waals surface area contributed by atoms with E-state index in [2.05, 4.69) is 15.3 Å². The summed E-state index contributed by atoms with van der Waals surface area (Å²) in [6.45, 7) is 3.35. The first kappa shape index (κ1) is 9.98. The van der Waals surface area contributed by atoms with Crippen LogP contribution < -0.4 is 5.43 Å². The van der Waals surface area contributed by atoms with E-state index in [4.69, 9.17) is 4.74 Å². The van der Waals surface area contributed by atoms with Gasteiger partial charge in [-0.25, -0.2) is 10.2 Å². The van der Waals surface area contributed by atoms with Crippen molar-refractivity contribution in [3.63, 3.8) is 0 Å². The van der Waals surface area contributed by atoms with Crippen LogP contribution in [-0.2, 0) is 9.47 Å². The van der Waals surface area contributed by atoms with E-state index >= 15 is 0 Å². The summed E-state index contributed by atoms with van der Waals surface area (Å²) in [5.41, 5.74) is 3.26. The minimum atomic E-state index is -0.536. The SMILES string of the molecule is COC(=O)N/N=C1/CCOCC1C. The maximum Gasteiger partial charge on any atom is 0.427 e. The molecule has 0 aromatic carbocycles. The smallest absolute Gasteiger partial charge is 0.427 e. The fourth-order valence-corrected chi connectivity index (χ4v) is 1.11. The number of carbonyl (C=O) groups is 1. The third-order valence-corrected chi connectivity index (χ3v) is 1.92. The van der Waals surface area contributed by atoms with Gasteiger partial charge in [-0.15, -0.1) is 0 Å². The second-order valence-corrected chi connectivity index (χ2v) is 2.93. The highest BCUT2D eigenvalue weighted by Crippen LogP contribution is 2.09. The van der Waals surface area contributed by atoms with Gasteiger partial charge in [0.05, 0.1) is 20.3 Å². The number of hydrogen-bond acceptors (Lipinski definition) is 4. The molecule has 1 aliphatic rings. The molecule has 74 valence electrons. The number of nitrogens with zero attached hydrogens (tertiary/aromatic N) is 1. The summed E-state index contributed by atoms with van der Waals surface area (Å²) in [7, 11) is 1.31. The molecule has 1 fully saturated rings. The summed E-state index contributed by atoms with van der Waals surface area (Å²) in [5.74, 6) is 0.269. The molecule has 0 aliphatic carbocycles. The van der Waals surface area contributed by atoms with Gasteiger partial charge in [-0.2, -0.15) is 5.10 Å². The van der Waals surface area contributed by atoms with Gasteiger partial charge in [-0.3, -0.25) is 0 Å². The average molecular weight is 186 g/mol. The normalized spacial score (nSPS) is 25.7. The van der Waals surface area contributed by atoms with Crippen LogP contribution in [0.2, 0.25) is 0 Å². The van der Waals surface area contributed by atoms with Crippen LogP contribution in [0, 0.1) is 5.92 Å². The van der Waals surface area contributed by atoms with Crippen LogP contribution >= 0.6 is 0 Å². The lowest BCUT2D eigenvalue weighted by Crippen LogP contribution is -2.29. The van der Waals surface area contributed by atoms with Gasteiger partial charge in [0, 0.05) is 18.1 Å². The maximum atomic E-state index is 10.7. The summed E-state index contributed by atoms with van der Waals surface area (Å²) in [6.07, 6.45) is 0.233. The van der Waals surface area contributed by atoms with E-state index in [9.17, 15) is 4.79 Å². The molecule has 1 rings (SSSR count). The van der Waals surface area contributed by atoms with Crippen molar-refractivity contribution in [3.8, 4) is 0 Å². The van der Waals surface area contributed by atoms with Crippen molar-refractivity contribution in [1.82, 2.24) is 5.43 Å². The van der Waals surface area contributed by atoms with E-state index < -0.39 is 6.09 Å². The van der Waals surface area contributed by atoms with Crippen molar-refractivity contribution in [3.05, 3.63) is 0 Å². The van der Waals surface area contributed by atoms with E-state index in [0.717, 1.165) is 12.1 Å². The maximum absolute atomic E-state index is 10.7. The molecular weight excluding hydrogens is 172 g/mol. The molecule has 1 saturated heterocycles. The standard InChI is InChI=1S/C8H14N2O3/c1-6-5-13-4-3-7(6)9-10-8(11)12-2/h6H,3-5H2,1-2H3,(H,10,11)/b9-7-. The summed E-state index contributed by atoms with van der Waals surface area (Å²) >= 11 is 0. The molecule has 5 heteroatoms. The third kappa shape index (κ3) is 3.02. The zero-order valence-corrected chi connectivity index (χ0v) is 7.87. The molecule has 1 heterocycles. The van der Waals surface area contributed by atoms with Crippen LogP contribution in [0.25, 0.3) is 0 Å². The highest BCUT2D eigenvalue weighted by atomic mass is 16.5. The molecule has 0 saturated carbocycles. The molecule has 0 bridgehead atoms. The monoisotopic (exact) mass is 186 g/mol. The van der Waals surface area contributed by atoms with E-state index in [-0.39, 0.29) is 5.92 Å². The number of hydrogen-bond donors (Lipinski definition) is 1. The van der Waals surface area contributed by atoms with Crippen LogP contribution in [-0.4, -0.2) is 32.1 Å². The molecule has 1 aliphatic heterocycles.